The van der Waals surface area contributed by atoms with Crippen LogP contribution in [0.25, 0.3) is 0 Å². The van der Waals surface area contributed by atoms with Gasteiger partial charge in [0.05, 0.1) is 18.2 Å². The van der Waals surface area contributed by atoms with Crippen molar-refractivity contribution in [1.82, 2.24) is 25.5 Å². The van der Waals surface area contributed by atoms with Gasteiger partial charge in [-0.3, -0.25) is 0 Å². The molecule has 0 spiro atoms. The fraction of sp³-hybridized carbons (Fsp3) is 0.923. The molecule has 2 heterocycles. The monoisotopic (exact) mass is 267 g/mol. The van der Waals surface area contributed by atoms with E-state index in [0.717, 1.165) is 31.8 Å². The number of nitrogens with one attached hydrogen (secondary N) is 1. The Balaban J connectivity index is 2.12. The highest BCUT2D eigenvalue weighted by Gasteiger charge is 2.34. The van der Waals surface area contributed by atoms with Crippen LogP contribution in [-0.4, -0.2) is 40.0 Å². The first-order chi connectivity index (χ1) is 9.03. The number of hydrogen-bond donors (Lipinski definition) is 1. The zero-order chi connectivity index (χ0) is 13.9. The Labute approximate surface area is 114 Å². The van der Waals surface area contributed by atoms with E-state index < -0.39 is 0 Å². The van der Waals surface area contributed by atoms with Crippen molar-refractivity contribution in [2.75, 3.05) is 19.8 Å². The molecule has 2 atom stereocenters. The Kier molecular flexibility index (Phi) is 4.52. The van der Waals surface area contributed by atoms with Gasteiger partial charge in [0.1, 0.15) is 0 Å². The van der Waals surface area contributed by atoms with Crippen molar-refractivity contribution in [2.45, 2.75) is 52.1 Å². The number of hydrogen-bond acceptors (Lipinski definition) is 5. The second kappa shape index (κ2) is 5.96. The van der Waals surface area contributed by atoms with Crippen molar-refractivity contribution in [3.8, 4) is 0 Å². The van der Waals surface area contributed by atoms with Crippen LogP contribution in [0.1, 0.15) is 52.4 Å². The minimum atomic E-state index is -0.120. The van der Waals surface area contributed by atoms with Crippen molar-refractivity contribution >= 4 is 0 Å². The standard InChI is InChI=1S/C13H25N5O/c1-10(2)8-14-11(3)12-15-16-17-18(12)13(4)6-5-7-19-9-13/h10-11,14H,5-9H2,1-4H3. The minimum absolute atomic E-state index is 0.120. The molecule has 6 heteroatoms. The van der Waals surface area contributed by atoms with E-state index in [4.69, 9.17) is 4.74 Å². The van der Waals surface area contributed by atoms with Crippen molar-refractivity contribution in [3.63, 3.8) is 0 Å². The summed E-state index contributed by atoms with van der Waals surface area (Å²) in [7, 11) is 0. The van der Waals surface area contributed by atoms with E-state index in [2.05, 4.69) is 48.5 Å². The van der Waals surface area contributed by atoms with E-state index in [1.165, 1.54) is 0 Å². The average Bonchev–Trinajstić information content (AvgIpc) is 2.87. The first kappa shape index (κ1) is 14.4. The Bertz CT molecular complexity index is 397. The maximum Gasteiger partial charge on any atom is 0.168 e. The summed E-state index contributed by atoms with van der Waals surface area (Å²) in [6.45, 7) is 11.1. The van der Waals surface area contributed by atoms with E-state index >= 15 is 0 Å². The van der Waals surface area contributed by atoms with Crippen LogP contribution < -0.4 is 5.32 Å². The van der Waals surface area contributed by atoms with Gasteiger partial charge in [-0.1, -0.05) is 13.8 Å². The molecule has 0 aliphatic carbocycles. The van der Waals surface area contributed by atoms with E-state index in [1.807, 2.05) is 4.68 Å². The first-order valence-electron chi connectivity index (χ1n) is 7.13. The molecule has 1 saturated heterocycles. The highest BCUT2D eigenvalue weighted by molar-refractivity contribution is 4.97. The van der Waals surface area contributed by atoms with Gasteiger partial charge >= 0.3 is 0 Å². The molecular formula is C13H25N5O. The molecule has 2 unspecified atom stereocenters. The van der Waals surface area contributed by atoms with Crippen molar-refractivity contribution < 1.29 is 4.74 Å². The van der Waals surface area contributed by atoms with Crippen LogP contribution in [0, 0.1) is 5.92 Å². The summed E-state index contributed by atoms with van der Waals surface area (Å²) in [4.78, 5) is 0. The van der Waals surface area contributed by atoms with Crippen LogP contribution in [0.4, 0.5) is 0 Å². The number of ether oxygens (including phenoxy) is 1. The van der Waals surface area contributed by atoms with Crippen LogP contribution in [0.5, 0.6) is 0 Å². The summed E-state index contributed by atoms with van der Waals surface area (Å²) in [5, 5.41) is 15.7. The molecular weight excluding hydrogens is 242 g/mol. The predicted octanol–water partition coefficient (Wildman–Crippen LogP) is 1.51. The Morgan fingerprint density at radius 1 is 1.42 bits per heavy atom. The van der Waals surface area contributed by atoms with E-state index in [1.54, 1.807) is 0 Å². The molecule has 1 aromatic rings. The normalized spacial score (nSPS) is 25.7. The fourth-order valence-corrected chi connectivity index (χ4v) is 2.44. The third kappa shape index (κ3) is 3.30. The van der Waals surface area contributed by atoms with Crippen molar-refractivity contribution in [3.05, 3.63) is 5.82 Å². The molecule has 1 aromatic heterocycles. The fourth-order valence-electron chi connectivity index (χ4n) is 2.44. The number of aromatic nitrogens is 4. The molecule has 1 fully saturated rings. The van der Waals surface area contributed by atoms with Gasteiger partial charge in [0.25, 0.3) is 0 Å². The average molecular weight is 267 g/mol. The molecule has 0 bridgehead atoms. The van der Waals surface area contributed by atoms with E-state index in [9.17, 15) is 0 Å². The predicted molar refractivity (Wildman–Crippen MR) is 72.8 cm³/mol. The summed E-state index contributed by atoms with van der Waals surface area (Å²) in [5.41, 5.74) is -0.120. The summed E-state index contributed by atoms with van der Waals surface area (Å²) in [5.74, 6) is 1.51. The smallest absolute Gasteiger partial charge is 0.168 e. The van der Waals surface area contributed by atoms with E-state index in [-0.39, 0.29) is 11.6 Å². The summed E-state index contributed by atoms with van der Waals surface area (Å²) in [6.07, 6.45) is 2.12. The molecule has 0 saturated carbocycles. The molecule has 2 rings (SSSR count). The highest BCUT2D eigenvalue weighted by Crippen LogP contribution is 2.28. The van der Waals surface area contributed by atoms with Gasteiger partial charge in [-0.05, 0) is 49.6 Å². The second-order valence-corrected chi connectivity index (χ2v) is 6.13. The summed E-state index contributed by atoms with van der Waals surface area (Å²) in [6, 6.07) is 0.149. The van der Waals surface area contributed by atoms with Gasteiger partial charge < -0.3 is 10.1 Å². The molecule has 1 aliphatic heterocycles. The molecule has 0 aromatic carbocycles. The lowest BCUT2D eigenvalue weighted by molar-refractivity contribution is 0.000477. The van der Waals surface area contributed by atoms with Crippen LogP contribution >= 0.6 is 0 Å². The minimum Gasteiger partial charge on any atom is -0.379 e. The second-order valence-electron chi connectivity index (χ2n) is 6.13. The van der Waals surface area contributed by atoms with Crippen LogP contribution in [0.3, 0.4) is 0 Å². The number of rotatable bonds is 5. The lowest BCUT2D eigenvalue weighted by Gasteiger charge is -2.34. The van der Waals surface area contributed by atoms with E-state index in [0.29, 0.717) is 12.5 Å². The Morgan fingerprint density at radius 2 is 2.21 bits per heavy atom. The molecule has 1 aliphatic rings. The zero-order valence-corrected chi connectivity index (χ0v) is 12.4. The van der Waals surface area contributed by atoms with Gasteiger partial charge in [-0.2, -0.15) is 0 Å². The summed E-state index contributed by atoms with van der Waals surface area (Å²) >= 11 is 0. The van der Waals surface area contributed by atoms with Crippen LogP contribution in [0.15, 0.2) is 0 Å². The molecule has 6 nitrogen and oxygen atoms in total. The van der Waals surface area contributed by atoms with Crippen molar-refractivity contribution in [1.29, 1.82) is 0 Å². The number of tetrazole rings is 1. The molecule has 108 valence electrons. The first-order valence-corrected chi connectivity index (χ1v) is 7.13. The van der Waals surface area contributed by atoms with Gasteiger partial charge in [-0.15, -0.1) is 5.10 Å². The van der Waals surface area contributed by atoms with Gasteiger partial charge in [-0.25, -0.2) is 4.68 Å². The third-order valence-electron chi connectivity index (χ3n) is 3.64. The maximum absolute atomic E-state index is 5.61. The topological polar surface area (TPSA) is 64.9 Å². The highest BCUT2D eigenvalue weighted by atomic mass is 16.5. The third-order valence-corrected chi connectivity index (χ3v) is 3.64. The quantitative estimate of drug-likeness (QED) is 0.876. The molecule has 19 heavy (non-hydrogen) atoms. The molecule has 0 radical (unpaired) electrons. The Morgan fingerprint density at radius 3 is 2.84 bits per heavy atom. The number of nitrogens with zero attached hydrogens (tertiary/aromatic N) is 4. The Hall–Kier alpha value is -1.01. The van der Waals surface area contributed by atoms with Crippen LogP contribution in [-0.2, 0) is 10.3 Å². The lowest BCUT2D eigenvalue weighted by Crippen LogP contribution is -2.42. The SMILES string of the molecule is CC(C)CNC(C)c1nnnn1C1(C)CCCOC1. The zero-order valence-electron chi connectivity index (χ0n) is 12.4. The van der Waals surface area contributed by atoms with Crippen molar-refractivity contribution in [2.24, 2.45) is 5.92 Å². The molecule has 1 N–H and O–H groups in total. The molecule has 0 amide bonds. The van der Waals surface area contributed by atoms with Crippen LogP contribution in [0.2, 0.25) is 0 Å². The largest absolute Gasteiger partial charge is 0.379 e. The maximum atomic E-state index is 5.61. The van der Waals surface area contributed by atoms with Gasteiger partial charge in [0, 0.05) is 6.61 Å². The van der Waals surface area contributed by atoms with Gasteiger partial charge in [0.15, 0.2) is 5.82 Å². The summed E-state index contributed by atoms with van der Waals surface area (Å²) < 4.78 is 7.55. The van der Waals surface area contributed by atoms with Gasteiger partial charge in [0.2, 0.25) is 0 Å². The lowest BCUT2D eigenvalue weighted by atomic mass is 9.95.